The molecule has 0 unspecified atom stereocenters. The van der Waals surface area contributed by atoms with E-state index in [9.17, 15) is 9.90 Å². The van der Waals surface area contributed by atoms with Gasteiger partial charge in [-0.1, -0.05) is 18.2 Å². The fourth-order valence-corrected chi connectivity index (χ4v) is 3.41. The SMILES string of the molecule is CCNC(=NCCNC(=O)c1ccccc1O)NC1CCN(c2ccccn2)CC1. The predicted molar refractivity (Wildman–Crippen MR) is 119 cm³/mol. The number of nitrogens with one attached hydrogen (secondary N) is 3. The molecule has 1 aliphatic rings. The van der Waals surface area contributed by atoms with E-state index in [0.29, 0.717) is 19.1 Å². The first-order chi connectivity index (χ1) is 14.7. The van der Waals surface area contributed by atoms with Gasteiger partial charge in [-0.05, 0) is 44.0 Å². The summed E-state index contributed by atoms with van der Waals surface area (Å²) in [5.41, 5.74) is 0.270. The molecular formula is C22H30N6O2. The highest BCUT2D eigenvalue weighted by Crippen LogP contribution is 2.17. The molecule has 8 nitrogen and oxygen atoms in total. The summed E-state index contributed by atoms with van der Waals surface area (Å²) < 4.78 is 0. The molecule has 0 spiro atoms. The van der Waals surface area contributed by atoms with E-state index in [1.807, 2.05) is 31.3 Å². The van der Waals surface area contributed by atoms with Crippen molar-refractivity contribution in [2.45, 2.75) is 25.8 Å². The Labute approximate surface area is 177 Å². The molecule has 0 saturated carbocycles. The van der Waals surface area contributed by atoms with Crippen LogP contribution in [0.3, 0.4) is 0 Å². The van der Waals surface area contributed by atoms with E-state index >= 15 is 0 Å². The standard InChI is InChI=1S/C22H30N6O2/c1-2-23-22(26-14-13-25-21(30)18-7-3-4-8-19(18)29)27-17-10-15-28(16-11-17)20-9-5-6-12-24-20/h3-9,12,17,29H,2,10-11,13-16H2,1H3,(H,25,30)(H2,23,26,27). The molecule has 2 aromatic rings. The largest absolute Gasteiger partial charge is 0.507 e. The van der Waals surface area contributed by atoms with Crippen molar-refractivity contribution in [3.63, 3.8) is 0 Å². The molecule has 2 heterocycles. The first-order valence-electron chi connectivity index (χ1n) is 10.4. The summed E-state index contributed by atoms with van der Waals surface area (Å²) in [5, 5.41) is 19.3. The predicted octanol–water partition coefficient (Wildman–Crippen LogP) is 1.74. The molecule has 160 valence electrons. The zero-order valence-electron chi connectivity index (χ0n) is 17.3. The zero-order chi connectivity index (χ0) is 21.2. The Bertz CT molecular complexity index is 835. The molecule has 1 aromatic carbocycles. The number of pyridine rings is 1. The number of benzene rings is 1. The molecule has 3 rings (SSSR count). The van der Waals surface area contributed by atoms with E-state index in [2.05, 4.69) is 30.8 Å². The Hall–Kier alpha value is -3.29. The summed E-state index contributed by atoms with van der Waals surface area (Å²) in [4.78, 5) is 23.4. The van der Waals surface area contributed by atoms with E-state index < -0.39 is 0 Å². The van der Waals surface area contributed by atoms with Crippen LogP contribution in [-0.2, 0) is 0 Å². The van der Waals surface area contributed by atoms with Crippen LogP contribution in [-0.4, -0.2) is 60.7 Å². The fraction of sp³-hybridized carbons (Fsp3) is 0.409. The van der Waals surface area contributed by atoms with E-state index in [4.69, 9.17) is 0 Å². The number of rotatable bonds is 7. The number of hydrogen-bond donors (Lipinski definition) is 4. The van der Waals surface area contributed by atoms with Gasteiger partial charge < -0.3 is 26.0 Å². The summed E-state index contributed by atoms with van der Waals surface area (Å²) in [7, 11) is 0. The number of nitrogens with zero attached hydrogens (tertiary/aromatic N) is 3. The van der Waals surface area contributed by atoms with Crippen LogP contribution in [0.15, 0.2) is 53.7 Å². The maximum Gasteiger partial charge on any atom is 0.255 e. The summed E-state index contributed by atoms with van der Waals surface area (Å²) in [6, 6.07) is 12.8. The van der Waals surface area contributed by atoms with Crippen molar-refractivity contribution in [1.82, 2.24) is 20.9 Å². The number of guanidine groups is 1. The van der Waals surface area contributed by atoms with Crippen molar-refractivity contribution in [3.05, 3.63) is 54.2 Å². The highest BCUT2D eigenvalue weighted by Gasteiger charge is 2.20. The number of carbonyl (C=O) groups is 1. The summed E-state index contributed by atoms with van der Waals surface area (Å²) >= 11 is 0. The molecule has 0 atom stereocenters. The van der Waals surface area contributed by atoms with Gasteiger partial charge in [-0.25, -0.2) is 4.98 Å². The van der Waals surface area contributed by atoms with Gasteiger partial charge in [-0.2, -0.15) is 0 Å². The minimum absolute atomic E-state index is 0.0226. The van der Waals surface area contributed by atoms with Gasteiger partial charge in [0.15, 0.2) is 5.96 Å². The molecule has 1 aliphatic heterocycles. The van der Waals surface area contributed by atoms with Gasteiger partial charge in [0, 0.05) is 38.4 Å². The minimum Gasteiger partial charge on any atom is -0.507 e. The Morgan fingerprint density at radius 1 is 1.17 bits per heavy atom. The van der Waals surface area contributed by atoms with Crippen LogP contribution in [0.2, 0.25) is 0 Å². The van der Waals surface area contributed by atoms with E-state index in [1.54, 1.807) is 18.2 Å². The molecular weight excluding hydrogens is 380 g/mol. The topological polar surface area (TPSA) is 102 Å². The second kappa shape index (κ2) is 11.0. The van der Waals surface area contributed by atoms with E-state index in [-0.39, 0.29) is 17.2 Å². The third-order valence-electron chi connectivity index (χ3n) is 4.97. The zero-order valence-corrected chi connectivity index (χ0v) is 17.3. The van der Waals surface area contributed by atoms with Crippen LogP contribution >= 0.6 is 0 Å². The van der Waals surface area contributed by atoms with Crippen molar-refractivity contribution in [3.8, 4) is 5.75 Å². The minimum atomic E-state index is -0.303. The fourth-order valence-electron chi connectivity index (χ4n) is 3.41. The van der Waals surface area contributed by atoms with Crippen LogP contribution in [0.4, 0.5) is 5.82 Å². The summed E-state index contributed by atoms with van der Waals surface area (Å²) in [5.74, 6) is 1.45. The van der Waals surface area contributed by atoms with Gasteiger partial charge in [0.2, 0.25) is 0 Å². The van der Waals surface area contributed by atoms with Crippen LogP contribution in [0.1, 0.15) is 30.1 Å². The summed E-state index contributed by atoms with van der Waals surface area (Å²) in [6.07, 6.45) is 3.84. The van der Waals surface area contributed by atoms with E-state index in [1.165, 1.54) is 6.07 Å². The van der Waals surface area contributed by atoms with Gasteiger partial charge in [0.05, 0.1) is 12.1 Å². The lowest BCUT2D eigenvalue weighted by Crippen LogP contribution is -2.49. The van der Waals surface area contributed by atoms with Crippen molar-refractivity contribution >= 4 is 17.7 Å². The lowest BCUT2D eigenvalue weighted by atomic mass is 10.1. The maximum absolute atomic E-state index is 12.1. The molecule has 1 saturated heterocycles. The van der Waals surface area contributed by atoms with Gasteiger partial charge in [-0.15, -0.1) is 0 Å². The number of piperidine rings is 1. The van der Waals surface area contributed by atoms with Crippen LogP contribution in [0.5, 0.6) is 5.75 Å². The lowest BCUT2D eigenvalue weighted by Gasteiger charge is -2.33. The second-order valence-corrected chi connectivity index (χ2v) is 7.13. The first kappa shape index (κ1) is 21.4. The number of carbonyl (C=O) groups excluding carboxylic acids is 1. The molecule has 30 heavy (non-hydrogen) atoms. The molecule has 1 aromatic heterocycles. The molecule has 1 amide bonds. The number of hydrogen-bond acceptors (Lipinski definition) is 5. The Kier molecular flexibility index (Phi) is 7.88. The van der Waals surface area contributed by atoms with Gasteiger partial charge in [0.25, 0.3) is 5.91 Å². The van der Waals surface area contributed by atoms with Crippen molar-refractivity contribution in [2.75, 3.05) is 37.6 Å². The Morgan fingerprint density at radius 3 is 2.63 bits per heavy atom. The average molecular weight is 411 g/mol. The number of phenolic OH excluding ortho intramolecular Hbond substituents is 1. The number of aromatic hydroxyl groups is 1. The number of anilines is 1. The number of aliphatic imine (C=N–C) groups is 1. The number of amides is 1. The number of para-hydroxylation sites is 1. The smallest absolute Gasteiger partial charge is 0.255 e. The third kappa shape index (κ3) is 6.10. The molecule has 0 radical (unpaired) electrons. The van der Waals surface area contributed by atoms with Gasteiger partial charge in [0.1, 0.15) is 11.6 Å². The highest BCUT2D eigenvalue weighted by atomic mass is 16.3. The number of phenols is 1. The van der Waals surface area contributed by atoms with Crippen LogP contribution in [0, 0.1) is 0 Å². The van der Waals surface area contributed by atoms with Crippen molar-refractivity contribution in [1.29, 1.82) is 0 Å². The second-order valence-electron chi connectivity index (χ2n) is 7.13. The normalized spacial score (nSPS) is 15.0. The summed E-state index contributed by atoms with van der Waals surface area (Å²) in [6.45, 7) is 5.53. The first-order valence-corrected chi connectivity index (χ1v) is 10.4. The molecule has 0 aliphatic carbocycles. The van der Waals surface area contributed by atoms with Gasteiger partial charge >= 0.3 is 0 Å². The van der Waals surface area contributed by atoms with Crippen molar-refractivity contribution < 1.29 is 9.90 Å². The lowest BCUT2D eigenvalue weighted by molar-refractivity contribution is 0.0952. The number of aromatic nitrogens is 1. The highest BCUT2D eigenvalue weighted by molar-refractivity contribution is 5.96. The average Bonchev–Trinajstić information content (AvgIpc) is 2.78. The Balaban J connectivity index is 1.44. The van der Waals surface area contributed by atoms with Gasteiger partial charge in [-0.3, -0.25) is 9.79 Å². The van der Waals surface area contributed by atoms with Crippen molar-refractivity contribution in [2.24, 2.45) is 4.99 Å². The molecule has 8 heteroatoms. The molecule has 1 fully saturated rings. The van der Waals surface area contributed by atoms with Crippen LogP contribution < -0.4 is 20.9 Å². The third-order valence-corrected chi connectivity index (χ3v) is 4.97. The maximum atomic E-state index is 12.1. The molecule has 4 N–H and O–H groups in total. The van der Waals surface area contributed by atoms with Crippen LogP contribution in [0.25, 0.3) is 0 Å². The quantitative estimate of drug-likeness (QED) is 0.315. The molecule has 0 bridgehead atoms. The monoisotopic (exact) mass is 410 g/mol. The Morgan fingerprint density at radius 2 is 1.93 bits per heavy atom. The van der Waals surface area contributed by atoms with E-state index in [0.717, 1.165) is 44.3 Å².